The number of ether oxygens (including phenoxy) is 5. The predicted octanol–water partition coefficient (Wildman–Crippen LogP) is 5.26. The van der Waals surface area contributed by atoms with E-state index in [1.807, 2.05) is 41.5 Å². The molecular weight excluding hydrogens is 484 g/mol. The molecule has 2 atom stereocenters. The number of aromatic hydroxyl groups is 2. The van der Waals surface area contributed by atoms with E-state index in [2.05, 4.69) is 0 Å². The number of aliphatic hydroxyl groups excluding tert-OH is 1. The zero-order valence-corrected chi connectivity index (χ0v) is 21.9. The number of rotatable bonds is 5. The Morgan fingerprint density at radius 1 is 0.892 bits per heavy atom. The van der Waals surface area contributed by atoms with Crippen LogP contribution in [0, 0.1) is 10.8 Å². The summed E-state index contributed by atoms with van der Waals surface area (Å²) in [5.74, 6) is -0.447. The van der Waals surface area contributed by atoms with E-state index in [4.69, 9.17) is 23.7 Å². The number of hydrogen-bond acceptors (Lipinski definition) is 10. The fraction of sp³-hybridized carbons (Fsp3) is 0.481. The summed E-state index contributed by atoms with van der Waals surface area (Å²) in [6, 6.07) is 6.78. The van der Waals surface area contributed by atoms with Crippen molar-refractivity contribution >= 4 is 12.3 Å². The molecule has 0 saturated carbocycles. The van der Waals surface area contributed by atoms with Crippen LogP contribution in [0.5, 0.6) is 28.7 Å². The highest BCUT2D eigenvalue weighted by Gasteiger charge is 2.33. The van der Waals surface area contributed by atoms with Gasteiger partial charge in [-0.3, -0.25) is 0 Å². The molecule has 0 radical (unpaired) electrons. The summed E-state index contributed by atoms with van der Waals surface area (Å²) < 4.78 is 26.8. The Bertz CT molecular complexity index is 1140. The Hall–Kier alpha value is -3.66. The molecule has 0 aromatic heterocycles. The van der Waals surface area contributed by atoms with Crippen LogP contribution in [-0.4, -0.2) is 46.9 Å². The summed E-state index contributed by atoms with van der Waals surface area (Å²) in [4.78, 5) is 24.7. The average molecular weight is 519 g/mol. The van der Waals surface area contributed by atoms with Gasteiger partial charge in [0.05, 0.1) is 19.3 Å². The molecule has 37 heavy (non-hydrogen) atoms. The Balaban J connectivity index is 1.88. The fourth-order valence-electron chi connectivity index (χ4n) is 3.40. The smallest absolute Gasteiger partial charge is 0.508 e. The molecule has 0 amide bonds. The summed E-state index contributed by atoms with van der Waals surface area (Å²) in [7, 11) is 0. The third-order valence-corrected chi connectivity index (χ3v) is 5.12. The van der Waals surface area contributed by atoms with Crippen molar-refractivity contribution in [1.82, 2.24) is 0 Å². The lowest BCUT2D eigenvalue weighted by Crippen LogP contribution is -2.30. The van der Waals surface area contributed by atoms with Gasteiger partial charge < -0.3 is 39.0 Å². The maximum absolute atomic E-state index is 12.4. The molecule has 10 nitrogen and oxygen atoms in total. The zero-order chi connectivity index (χ0) is 27.5. The Kier molecular flexibility index (Phi) is 8.12. The first-order chi connectivity index (χ1) is 17.1. The molecule has 0 fully saturated rings. The van der Waals surface area contributed by atoms with Crippen LogP contribution in [0.4, 0.5) is 9.59 Å². The number of hydrogen-bond donors (Lipinski definition) is 3. The lowest BCUT2D eigenvalue weighted by atomic mass is 9.94. The third-order valence-electron chi connectivity index (χ3n) is 5.12. The molecule has 0 saturated heterocycles. The van der Waals surface area contributed by atoms with Crippen LogP contribution >= 0.6 is 0 Å². The maximum Gasteiger partial charge on any atom is 0.513 e. The molecule has 1 aliphatic rings. The summed E-state index contributed by atoms with van der Waals surface area (Å²) >= 11 is 0. The van der Waals surface area contributed by atoms with Gasteiger partial charge in [0.1, 0.15) is 23.4 Å². The van der Waals surface area contributed by atoms with Crippen molar-refractivity contribution in [2.24, 2.45) is 10.8 Å². The van der Waals surface area contributed by atoms with Crippen molar-refractivity contribution in [2.75, 3.05) is 13.2 Å². The van der Waals surface area contributed by atoms with Crippen LogP contribution < -0.4 is 14.2 Å². The number of carbonyl (C=O) groups is 2. The molecule has 1 heterocycles. The van der Waals surface area contributed by atoms with E-state index in [0.717, 1.165) is 6.07 Å². The predicted molar refractivity (Wildman–Crippen MR) is 132 cm³/mol. The summed E-state index contributed by atoms with van der Waals surface area (Å²) in [5, 5.41) is 30.7. The molecule has 10 heteroatoms. The Labute approximate surface area is 215 Å². The van der Waals surface area contributed by atoms with Gasteiger partial charge in [0.25, 0.3) is 0 Å². The van der Waals surface area contributed by atoms with Crippen LogP contribution in [0.3, 0.4) is 0 Å². The van der Waals surface area contributed by atoms with E-state index in [9.17, 15) is 24.9 Å². The Morgan fingerprint density at radius 2 is 1.46 bits per heavy atom. The number of benzene rings is 2. The van der Waals surface area contributed by atoms with Gasteiger partial charge in [-0.1, -0.05) is 47.6 Å². The second-order valence-corrected chi connectivity index (χ2v) is 11.4. The number of carbonyl (C=O) groups excluding carboxylic acids is 2. The maximum atomic E-state index is 12.4. The van der Waals surface area contributed by atoms with Gasteiger partial charge in [0.15, 0.2) is 11.5 Å². The van der Waals surface area contributed by atoms with Gasteiger partial charge in [-0.2, -0.15) is 0 Å². The van der Waals surface area contributed by atoms with Gasteiger partial charge in [0.2, 0.25) is 0 Å². The van der Waals surface area contributed by atoms with Crippen LogP contribution in [0.1, 0.15) is 58.8 Å². The molecule has 2 aromatic carbocycles. The van der Waals surface area contributed by atoms with Gasteiger partial charge in [-0.05, 0) is 28.5 Å². The van der Waals surface area contributed by atoms with Gasteiger partial charge in [0, 0.05) is 24.1 Å². The summed E-state index contributed by atoms with van der Waals surface area (Å²) in [6.07, 6.45) is -3.96. The molecule has 2 aromatic rings. The van der Waals surface area contributed by atoms with Crippen LogP contribution in [0.2, 0.25) is 0 Å². The van der Waals surface area contributed by atoms with Gasteiger partial charge in [-0.25, -0.2) is 9.59 Å². The number of phenolic OH excluding ortho intramolecular Hbond substituents is 2. The summed E-state index contributed by atoms with van der Waals surface area (Å²) in [5.41, 5.74) is 0.147. The third kappa shape index (κ3) is 7.91. The molecule has 0 spiro atoms. The number of fused-ring (bicyclic) bond motifs is 1. The minimum absolute atomic E-state index is 0.0489. The second kappa shape index (κ2) is 10.8. The molecular formula is C27H34O10. The van der Waals surface area contributed by atoms with E-state index in [1.165, 1.54) is 24.3 Å². The second-order valence-electron chi connectivity index (χ2n) is 11.4. The van der Waals surface area contributed by atoms with Crippen molar-refractivity contribution in [3.8, 4) is 28.7 Å². The molecule has 0 aliphatic carbocycles. The minimum Gasteiger partial charge on any atom is -0.508 e. The summed E-state index contributed by atoms with van der Waals surface area (Å²) in [6.45, 7) is 11.5. The van der Waals surface area contributed by atoms with Gasteiger partial charge >= 0.3 is 12.3 Å². The number of aliphatic hydroxyl groups is 1. The van der Waals surface area contributed by atoms with Crippen molar-refractivity contribution in [1.29, 1.82) is 0 Å². The lowest BCUT2D eigenvalue weighted by molar-refractivity contribution is 0.0195. The molecule has 1 aliphatic heterocycles. The normalized spacial score (nSPS) is 17.3. The Morgan fingerprint density at radius 3 is 2.03 bits per heavy atom. The largest absolute Gasteiger partial charge is 0.513 e. The first kappa shape index (κ1) is 27.9. The lowest BCUT2D eigenvalue weighted by Gasteiger charge is -2.31. The van der Waals surface area contributed by atoms with Crippen molar-refractivity contribution < 1.29 is 48.6 Å². The monoisotopic (exact) mass is 518 g/mol. The topological polar surface area (TPSA) is 141 Å². The molecule has 3 N–H and O–H groups in total. The van der Waals surface area contributed by atoms with Crippen molar-refractivity contribution in [3.63, 3.8) is 0 Å². The quantitative estimate of drug-likeness (QED) is 0.355. The van der Waals surface area contributed by atoms with E-state index >= 15 is 0 Å². The highest BCUT2D eigenvalue weighted by Crippen LogP contribution is 2.43. The van der Waals surface area contributed by atoms with Crippen LogP contribution in [0.25, 0.3) is 0 Å². The molecule has 0 unspecified atom stereocenters. The van der Waals surface area contributed by atoms with Gasteiger partial charge in [-0.15, -0.1) is 0 Å². The average Bonchev–Trinajstić information content (AvgIpc) is 2.77. The zero-order valence-electron chi connectivity index (χ0n) is 21.9. The van der Waals surface area contributed by atoms with E-state index < -0.39 is 24.5 Å². The van der Waals surface area contributed by atoms with E-state index in [1.54, 1.807) is 0 Å². The van der Waals surface area contributed by atoms with Crippen molar-refractivity contribution in [3.05, 3.63) is 41.5 Å². The first-order valence-electron chi connectivity index (χ1n) is 11.8. The number of phenols is 2. The van der Waals surface area contributed by atoms with Crippen molar-refractivity contribution in [2.45, 2.75) is 60.2 Å². The van der Waals surface area contributed by atoms with E-state index in [-0.39, 0.29) is 59.2 Å². The minimum atomic E-state index is -1.08. The standard InChI is InChI=1S/C27H34O10/c1-26(2,3)13-33-24(31)36-20-8-7-15(9-22(20)37-25(32)34-14-27(4,5)6)23-19(30)12-17-18(29)10-16(28)11-21(17)35-23/h7-11,19,23,28-30H,12-14H2,1-6H3/t19-,23-/m1/s1. The van der Waals surface area contributed by atoms with E-state index in [0.29, 0.717) is 11.1 Å². The highest BCUT2D eigenvalue weighted by molar-refractivity contribution is 5.69. The molecule has 202 valence electrons. The highest BCUT2D eigenvalue weighted by atomic mass is 16.7. The van der Waals surface area contributed by atoms with Crippen LogP contribution in [-0.2, 0) is 15.9 Å². The van der Waals surface area contributed by atoms with Crippen LogP contribution in [0.15, 0.2) is 30.3 Å². The fourth-order valence-corrected chi connectivity index (χ4v) is 3.40. The first-order valence-corrected chi connectivity index (χ1v) is 11.8. The SMILES string of the molecule is CC(C)(C)COC(=O)Oc1ccc([C@H]2Oc3cc(O)cc(O)c3C[C@H]2O)cc1OC(=O)OCC(C)(C)C. The molecule has 3 rings (SSSR count). The molecule has 0 bridgehead atoms.